The van der Waals surface area contributed by atoms with Gasteiger partial charge in [-0.3, -0.25) is 4.79 Å². The molecule has 0 aliphatic carbocycles. The van der Waals surface area contributed by atoms with Gasteiger partial charge in [-0.05, 0) is 53.5 Å². The van der Waals surface area contributed by atoms with Crippen molar-refractivity contribution in [2.24, 2.45) is 0 Å². The summed E-state index contributed by atoms with van der Waals surface area (Å²) in [5, 5.41) is 3.76. The fourth-order valence-electron chi connectivity index (χ4n) is 1.73. The van der Waals surface area contributed by atoms with Crippen molar-refractivity contribution in [3.63, 3.8) is 0 Å². The number of nitrogens with zero attached hydrogens (tertiary/aromatic N) is 1. The lowest BCUT2D eigenvalue weighted by atomic mass is 10.1. The minimum absolute atomic E-state index is 0.0216. The van der Waals surface area contributed by atoms with Gasteiger partial charge in [-0.25, -0.2) is 4.98 Å². The molecule has 0 saturated carbocycles. The molecule has 2 rings (SSSR count). The molecule has 0 spiro atoms. The molecule has 1 aromatic heterocycles. The van der Waals surface area contributed by atoms with Crippen LogP contribution in [0, 0.1) is 13.8 Å². The van der Waals surface area contributed by atoms with Gasteiger partial charge in [-0.15, -0.1) is 0 Å². The summed E-state index contributed by atoms with van der Waals surface area (Å²) in [5.41, 5.74) is 3.13. The van der Waals surface area contributed by atoms with Crippen LogP contribution in [0.25, 0.3) is 0 Å². The molecule has 2 aromatic rings. The van der Waals surface area contributed by atoms with Crippen molar-refractivity contribution in [3.05, 3.63) is 52.1 Å². The molecule has 0 radical (unpaired) electrons. The number of halogens is 1. The van der Waals surface area contributed by atoms with Crippen LogP contribution in [0.4, 0.5) is 5.69 Å². The molecule has 3 nitrogen and oxygen atoms in total. The molecule has 0 bridgehead atoms. The van der Waals surface area contributed by atoms with Gasteiger partial charge in [-0.1, -0.05) is 29.5 Å². The molecule has 1 heterocycles. The van der Waals surface area contributed by atoms with Gasteiger partial charge in [0.25, 0.3) is 0 Å². The molecule has 1 aromatic carbocycles. The van der Waals surface area contributed by atoms with E-state index in [1.807, 2.05) is 38.1 Å². The van der Waals surface area contributed by atoms with Gasteiger partial charge in [0.05, 0.1) is 10.8 Å². The van der Waals surface area contributed by atoms with Crippen molar-refractivity contribution >= 4 is 39.3 Å². The molecule has 0 unspecified atom stereocenters. The Labute approximate surface area is 131 Å². The Balaban J connectivity index is 1.90. The summed E-state index contributed by atoms with van der Waals surface area (Å²) in [6.07, 6.45) is 1.73. The Morgan fingerprint density at radius 1 is 1.30 bits per heavy atom. The third kappa shape index (κ3) is 4.35. The summed E-state index contributed by atoms with van der Waals surface area (Å²) in [6, 6.07) is 9.78. The number of hydrogen-bond acceptors (Lipinski definition) is 3. The second-order valence-electron chi connectivity index (χ2n) is 4.47. The molecule has 104 valence electrons. The summed E-state index contributed by atoms with van der Waals surface area (Å²) in [4.78, 5) is 16.1. The Bertz CT molecular complexity index is 614. The second kappa shape index (κ2) is 6.90. The van der Waals surface area contributed by atoms with Crippen molar-refractivity contribution in [1.82, 2.24) is 4.98 Å². The average Bonchev–Trinajstić information content (AvgIpc) is 2.41. The molecule has 0 atom stereocenters. The normalized spacial score (nSPS) is 10.3. The van der Waals surface area contributed by atoms with E-state index in [9.17, 15) is 4.79 Å². The van der Waals surface area contributed by atoms with Gasteiger partial charge in [0, 0.05) is 16.4 Å². The smallest absolute Gasteiger partial charge is 0.234 e. The highest BCUT2D eigenvalue weighted by Gasteiger charge is 2.06. The zero-order chi connectivity index (χ0) is 14.5. The fourth-order valence-corrected chi connectivity index (χ4v) is 2.60. The molecule has 1 amide bonds. The average molecular weight is 351 g/mol. The van der Waals surface area contributed by atoms with E-state index < -0.39 is 0 Å². The van der Waals surface area contributed by atoms with Crippen molar-refractivity contribution in [1.29, 1.82) is 0 Å². The second-order valence-corrected chi connectivity index (χ2v) is 6.38. The number of aromatic nitrogens is 1. The number of carbonyl (C=O) groups excluding carboxylic acids is 1. The van der Waals surface area contributed by atoms with Crippen LogP contribution in [-0.2, 0) is 4.79 Å². The summed E-state index contributed by atoms with van der Waals surface area (Å²) in [7, 11) is 0. The molecule has 20 heavy (non-hydrogen) atoms. The maximum absolute atomic E-state index is 11.9. The Morgan fingerprint density at radius 3 is 2.75 bits per heavy atom. The fraction of sp³-hybridized carbons (Fsp3) is 0.200. The zero-order valence-corrected chi connectivity index (χ0v) is 13.7. The number of amides is 1. The van der Waals surface area contributed by atoms with Crippen molar-refractivity contribution in [2.75, 3.05) is 11.1 Å². The lowest BCUT2D eigenvalue weighted by Gasteiger charge is -2.08. The van der Waals surface area contributed by atoms with Gasteiger partial charge < -0.3 is 5.32 Å². The van der Waals surface area contributed by atoms with Crippen LogP contribution in [0.1, 0.15) is 11.1 Å². The monoisotopic (exact) mass is 350 g/mol. The van der Waals surface area contributed by atoms with Gasteiger partial charge in [0.1, 0.15) is 0 Å². The number of nitrogens with one attached hydrogen (secondary N) is 1. The minimum Gasteiger partial charge on any atom is -0.325 e. The van der Waals surface area contributed by atoms with Gasteiger partial charge in [0.2, 0.25) is 5.91 Å². The number of anilines is 1. The van der Waals surface area contributed by atoms with Crippen molar-refractivity contribution in [3.8, 4) is 0 Å². The van der Waals surface area contributed by atoms with E-state index in [1.165, 1.54) is 17.3 Å². The Hall–Kier alpha value is -1.33. The molecular formula is C15H15BrN2OS. The molecule has 1 N–H and O–H groups in total. The third-order valence-corrected chi connectivity index (χ3v) is 4.12. The van der Waals surface area contributed by atoms with Crippen LogP contribution < -0.4 is 5.32 Å². The van der Waals surface area contributed by atoms with Crippen LogP contribution in [0.3, 0.4) is 0 Å². The lowest BCUT2D eigenvalue weighted by molar-refractivity contribution is -0.113. The van der Waals surface area contributed by atoms with E-state index in [-0.39, 0.29) is 5.91 Å². The highest BCUT2D eigenvalue weighted by molar-refractivity contribution is 9.10. The highest BCUT2D eigenvalue weighted by Crippen LogP contribution is 2.19. The van der Waals surface area contributed by atoms with E-state index in [4.69, 9.17) is 0 Å². The third-order valence-electron chi connectivity index (χ3n) is 2.71. The molecule has 0 saturated heterocycles. The summed E-state index contributed by atoms with van der Waals surface area (Å²) < 4.78 is 0.932. The van der Waals surface area contributed by atoms with Crippen LogP contribution in [-0.4, -0.2) is 16.6 Å². The highest BCUT2D eigenvalue weighted by atomic mass is 79.9. The van der Waals surface area contributed by atoms with E-state index in [1.54, 1.807) is 6.20 Å². The summed E-state index contributed by atoms with van der Waals surface area (Å²) in [6.45, 7) is 4.03. The first-order chi connectivity index (χ1) is 9.54. The number of benzene rings is 1. The zero-order valence-electron chi connectivity index (χ0n) is 11.3. The quantitative estimate of drug-likeness (QED) is 0.840. The largest absolute Gasteiger partial charge is 0.325 e. The topological polar surface area (TPSA) is 42.0 Å². The molecule has 0 aliphatic heterocycles. The van der Waals surface area contributed by atoms with Gasteiger partial charge >= 0.3 is 0 Å². The van der Waals surface area contributed by atoms with E-state index in [0.29, 0.717) is 5.75 Å². The lowest BCUT2D eigenvalue weighted by Crippen LogP contribution is -2.14. The number of pyridine rings is 1. The summed E-state index contributed by atoms with van der Waals surface area (Å²) >= 11 is 4.75. The van der Waals surface area contributed by atoms with Crippen molar-refractivity contribution in [2.45, 2.75) is 18.9 Å². The van der Waals surface area contributed by atoms with Crippen LogP contribution >= 0.6 is 27.7 Å². The first-order valence-electron chi connectivity index (χ1n) is 6.16. The van der Waals surface area contributed by atoms with Crippen LogP contribution in [0.5, 0.6) is 0 Å². The summed E-state index contributed by atoms with van der Waals surface area (Å²) in [5.74, 6) is 0.328. The van der Waals surface area contributed by atoms with Crippen LogP contribution in [0.15, 0.2) is 46.0 Å². The SMILES string of the molecule is Cc1ccc(NC(=O)CSc2ccc(Br)cn2)c(C)c1. The van der Waals surface area contributed by atoms with E-state index in [2.05, 4.69) is 32.3 Å². The van der Waals surface area contributed by atoms with E-state index in [0.717, 1.165) is 20.7 Å². The Morgan fingerprint density at radius 2 is 2.10 bits per heavy atom. The van der Waals surface area contributed by atoms with Crippen molar-refractivity contribution < 1.29 is 4.79 Å². The molecular weight excluding hydrogens is 336 g/mol. The first-order valence-corrected chi connectivity index (χ1v) is 7.94. The molecule has 5 heteroatoms. The number of rotatable bonds is 4. The van der Waals surface area contributed by atoms with Crippen LogP contribution in [0.2, 0.25) is 0 Å². The molecule has 0 aliphatic rings. The number of hydrogen-bond donors (Lipinski definition) is 1. The molecule has 0 fully saturated rings. The predicted molar refractivity (Wildman–Crippen MR) is 87.2 cm³/mol. The first kappa shape index (κ1) is 15.1. The number of carbonyl (C=O) groups is 1. The minimum atomic E-state index is -0.0216. The maximum Gasteiger partial charge on any atom is 0.234 e. The standard InChI is InChI=1S/C15H15BrN2OS/c1-10-3-5-13(11(2)7-10)18-14(19)9-20-15-6-4-12(16)8-17-15/h3-8H,9H2,1-2H3,(H,18,19). The van der Waals surface area contributed by atoms with Gasteiger partial charge in [-0.2, -0.15) is 0 Å². The Kier molecular flexibility index (Phi) is 5.20. The number of aryl methyl sites for hydroxylation is 2. The predicted octanol–water partition coefficient (Wildman–Crippen LogP) is 4.19. The van der Waals surface area contributed by atoms with Gasteiger partial charge in [0.15, 0.2) is 0 Å². The number of thioether (sulfide) groups is 1. The van der Waals surface area contributed by atoms with E-state index >= 15 is 0 Å². The maximum atomic E-state index is 11.9.